The van der Waals surface area contributed by atoms with Crippen LogP contribution in [0, 0.1) is 6.92 Å². The first-order chi connectivity index (χ1) is 13.2. The van der Waals surface area contributed by atoms with Crippen molar-refractivity contribution in [1.82, 2.24) is 10.3 Å². The van der Waals surface area contributed by atoms with E-state index in [2.05, 4.69) is 29.4 Å². The molecule has 3 aromatic rings. The Kier molecular flexibility index (Phi) is 6.69. The van der Waals surface area contributed by atoms with Gasteiger partial charge in [0.15, 0.2) is 11.5 Å². The van der Waals surface area contributed by atoms with E-state index in [0.717, 1.165) is 23.2 Å². The van der Waals surface area contributed by atoms with Crippen LogP contribution in [0.5, 0.6) is 11.5 Å². The Balaban J connectivity index is 1.65. The molecule has 27 heavy (non-hydrogen) atoms. The molecule has 0 unspecified atom stereocenters. The van der Waals surface area contributed by atoms with Crippen LogP contribution in [0.1, 0.15) is 22.3 Å². The Morgan fingerprint density at radius 1 is 1.00 bits per heavy atom. The molecule has 0 atom stereocenters. The van der Waals surface area contributed by atoms with Crippen molar-refractivity contribution in [3.8, 4) is 11.5 Å². The lowest BCUT2D eigenvalue weighted by Crippen LogP contribution is -2.13. The maximum absolute atomic E-state index is 6.46. The highest BCUT2D eigenvalue weighted by molar-refractivity contribution is 6.31. The molecule has 0 fully saturated rings. The molecule has 0 bridgehead atoms. The van der Waals surface area contributed by atoms with E-state index >= 15 is 0 Å². The summed E-state index contributed by atoms with van der Waals surface area (Å²) in [5.41, 5.74) is 4.39. The van der Waals surface area contributed by atoms with Gasteiger partial charge in [-0.3, -0.25) is 4.98 Å². The lowest BCUT2D eigenvalue weighted by atomic mass is 10.1. The summed E-state index contributed by atoms with van der Waals surface area (Å²) in [5, 5.41) is 4.02. The predicted molar refractivity (Wildman–Crippen MR) is 108 cm³/mol. The van der Waals surface area contributed by atoms with E-state index < -0.39 is 0 Å². The van der Waals surface area contributed by atoms with Crippen molar-refractivity contribution in [3.05, 3.63) is 88.2 Å². The summed E-state index contributed by atoms with van der Waals surface area (Å²) in [6.45, 7) is 3.88. The number of halogens is 1. The number of nitrogens with one attached hydrogen (secondary N) is 1. The third-order valence-corrected chi connectivity index (χ3v) is 4.53. The summed E-state index contributed by atoms with van der Waals surface area (Å²) in [7, 11) is 1.63. The van der Waals surface area contributed by atoms with Crippen LogP contribution in [-0.4, -0.2) is 12.1 Å². The van der Waals surface area contributed by atoms with Crippen LogP contribution in [0.15, 0.2) is 60.9 Å². The van der Waals surface area contributed by atoms with Crippen molar-refractivity contribution in [3.63, 3.8) is 0 Å². The van der Waals surface area contributed by atoms with Crippen LogP contribution >= 0.6 is 11.6 Å². The number of benzene rings is 2. The molecule has 0 saturated heterocycles. The zero-order valence-electron chi connectivity index (χ0n) is 15.5. The zero-order chi connectivity index (χ0) is 19.1. The Bertz CT molecular complexity index is 885. The first kappa shape index (κ1) is 19.2. The number of ether oxygens (including phenoxy) is 2. The van der Waals surface area contributed by atoms with Crippen molar-refractivity contribution in [2.45, 2.75) is 26.6 Å². The Hall–Kier alpha value is -2.56. The summed E-state index contributed by atoms with van der Waals surface area (Å²) < 4.78 is 11.4. The Morgan fingerprint density at radius 3 is 2.59 bits per heavy atom. The molecule has 1 heterocycles. The van der Waals surface area contributed by atoms with Crippen molar-refractivity contribution < 1.29 is 9.47 Å². The minimum atomic E-state index is 0.465. The minimum absolute atomic E-state index is 0.465. The first-order valence-electron chi connectivity index (χ1n) is 8.80. The lowest BCUT2D eigenvalue weighted by molar-refractivity contribution is 0.284. The van der Waals surface area contributed by atoms with Gasteiger partial charge >= 0.3 is 0 Å². The molecule has 1 aromatic heterocycles. The number of aromatic nitrogens is 1. The fourth-order valence-electron chi connectivity index (χ4n) is 2.79. The summed E-state index contributed by atoms with van der Waals surface area (Å²) >= 11 is 6.46. The van der Waals surface area contributed by atoms with Gasteiger partial charge in [-0.15, -0.1) is 0 Å². The molecule has 4 nitrogen and oxygen atoms in total. The predicted octanol–water partition coefficient (Wildman–Crippen LogP) is 4.92. The van der Waals surface area contributed by atoms with Crippen LogP contribution in [0.4, 0.5) is 0 Å². The Labute approximate surface area is 165 Å². The number of hydrogen-bond acceptors (Lipinski definition) is 4. The van der Waals surface area contributed by atoms with Gasteiger partial charge in [0.05, 0.1) is 7.11 Å². The van der Waals surface area contributed by atoms with E-state index in [0.29, 0.717) is 29.7 Å². The molecule has 0 aliphatic rings. The first-order valence-corrected chi connectivity index (χ1v) is 9.18. The molecule has 0 amide bonds. The van der Waals surface area contributed by atoms with Gasteiger partial charge in [-0.1, -0.05) is 47.5 Å². The average molecular weight is 383 g/mol. The number of aryl methyl sites for hydroxylation is 1. The van der Waals surface area contributed by atoms with Gasteiger partial charge in [-0.05, 0) is 35.7 Å². The molecule has 0 spiro atoms. The largest absolute Gasteiger partial charge is 0.493 e. The van der Waals surface area contributed by atoms with E-state index in [1.54, 1.807) is 13.3 Å². The summed E-state index contributed by atoms with van der Waals surface area (Å²) in [6, 6.07) is 15.9. The second kappa shape index (κ2) is 9.40. The quantitative estimate of drug-likeness (QED) is 0.600. The molecule has 0 radical (unpaired) electrons. The molecule has 3 rings (SSSR count). The molecule has 2 aromatic carbocycles. The van der Waals surface area contributed by atoms with Gasteiger partial charge in [-0.2, -0.15) is 0 Å². The molecule has 140 valence electrons. The highest BCUT2D eigenvalue weighted by Gasteiger charge is 2.11. The van der Waals surface area contributed by atoms with Crippen LogP contribution in [0.25, 0.3) is 0 Å². The number of pyridine rings is 1. The molecule has 0 saturated carbocycles. The highest BCUT2D eigenvalue weighted by atomic mass is 35.5. The second-order valence-corrected chi connectivity index (χ2v) is 6.74. The van der Waals surface area contributed by atoms with Crippen LogP contribution in [0.2, 0.25) is 5.02 Å². The van der Waals surface area contributed by atoms with Crippen LogP contribution in [0.3, 0.4) is 0 Å². The van der Waals surface area contributed by atoms with E-state index in [1.165, 1.54) is 5.56 Å². The summed E-state index contributed by atoms with van der Waals surface area (Å²) in [6.07, 6.45) is 3.61. The van der Waals surface area contributed by atoms with Gasteiger partial charge in [0.25, 0.3) is 0 Å². The van der Waals surface area contributed by atoms with Crippen LogP contribution in [-0.2, 0) is 19.7 Å². The number of nitrogens with zero attached hydrogens (tertiary/aromatic N) is 1. The SMILES string of the molecule is COc1cc(CNCc2cccnc2)c(Cl)cc1OCc1cccc(C)c1. The zero-order valence-corrected chi connectivity index (χ0v) is 16.3. The maximum Gasteiger partial charge on any atom is 0.163 e. The maximum atomic E-state index is 6.46. The highest BCUT2D eigenvalue weighted by Crippen LogP contribution is 2.34. The fraction of sp³-hybridized carbons (Fsp3) is 0.227. The van der Waals surface area contributed by atoms with E-state index in [1.807, 2.05) is 42.6 Å². The van der Waals surface area contributed by atoms with Gasteiger partial charge in [-0.25, -0.2) is 0 Å². The number of rotatable bonds is 8. The van der Waals surface area contributed by atoms with Crippen molar-refractivity contribution in [1.29, 1.82) is 0 Å². The Morgan fingerprint density at radius 2 is 1.85 bits per heavy atom. The summed E-state index contributed by atoms with van der Waals surface area (Å²) in [5.74, 6) is 1.31. The van der Waals surface area contributed by atoms with Crippen molar-refractivity contribution >= 4 is 11.6 Å². The molecule has 1 N–H and O–H groups in total. The number of hydrogen-bond donors (Lipinski definition) is 1. The standard InChI is InChI=1S/C22H23ClN2O2/c1-16-5-3-6-17(9-16)15-27-22-11-20(23)19(10-21(22)26-2)14-25-13-18-7-4-8-24-12-18/h3-12,25H,13-15H2,1-2H3. The average Bonchev–Trinajstić information content (AvgIpc) is 2.68. The van der Waals surface area contributed by atoms with Gasteiger partial charge in [0.2, 0.25) is 0 Å². The molecular weight excluding hydrogens is 360 g/mol. The van der Waals surface area contributed by atoms with Crippen LogP contribution < -0.4 is 14.8 Å². The van der Waals surface area contributed by atoms with E-state index in [4.69, 9.17) is 21.1 Å². The van der Waals surface area contributed by atoms with E-state index in [9.17, 15) is 0 Å². The van der Waals surface area contributed by atoms with E-state index in [-0.39, 0.29) is 0 Å². The molecule has 0 aliphatic carbocycles. The third-order valence-electron chi connectivity index (χ3n) is 4.18. The monoisotopic (exact) mass is 382 g/mol. The molecule has 0 aliphatic heterocycles. The third kappa shape index (κ3) is 5.46. The van der Waals surface area contributed by atoms with Crippen molar-refractivity contribution in [2.24, 2.45) is 0 Å². The van der Waals surface area contributed by atoms with Gasteiger partial charge in [0.1, 0.15) is 6.61 Å². The smallest absolute Gasteiger partial charge is 0.163 e. The van der Waals surface area contributed by atoms with Gasteiger partial charge in [0, 0.05) is 36.6 Å². The fourth-order valence-corrected chi connectivity index (χ4v) is 3.01. The van der Waals surface area contributed by atoms with Gasteiger partial charge < -0.3 is 14.8 Å². The second-order valence-electron chi connectivity index (χ2n) is 6.34. The lowest BCUT2D eigenvalue weighted by Gasteiger charge is -2.14. The summed E-state index contributed by atoms with van der Waals surface area (Å²) in [4.78, 5) is 4.12. The molecule has 5 heteroatoms. The van der Waals surface area contributed by atoms with Crippen molar-refractivity contribution in [2.75, 3.05) is 7.11 Å². The minimum Gasteiger partial charge on any atom is -0.493 e. The molecular formula is C22H23ClN2O2. The number of methoxy groups -OCH3 is 1. The topological polar surface area (TPSA) is 43.4 Å². The normalized spacial score (nSPS) is 10.6.